The molecule has 0 bridgehead atoms. The molecule has 5 heteroatoms. The molecular weight excluding hydrogens is 220 g/mol. The quantitative estimate of drug-likeness (QED) is 0.662. The lowest BCUT2D eigenvalue weighted by molar-refractivity contribution is -0.131. The Labute approximate surface area is 101 Å². The fraction of sp³-hybridized carbons (Fsp3) is 0.667. The minimum absolute atomic E-state index is 0.347. The number of hydrogen-bond acceptors (Lipinski definition) is 3. The zero-order chi connectivity index (χ0) is 12.7. The van der Waals surface area contributed by atoms with Gasteiger partial charge in [0.05, 0.1) is 0 Å². The van der Waals surface area contributed by atoms with Gasteiger partial charge in [-0.3, -0.25) is 4.79 Å². The Morgan fingerprint density at radius 1 is 1.35 bits per heavy atom. The Morgan fingerprint density at radius 2 is 2.00 bits per heavy atom. The zero-order valence-electron chi connectivity index (χ0n) is 10.2. The molecule has 0 saturated carbocycles. The van der Waals surface area contributed by atoms with Crippen LogP contribution in [-0.2, 0) is 9.59 Å². The van der Waals surface area contributed by atoms with Crippen molar-refractivity contribution in [2.75, 3.05) is 26.2 Å². The maximum absolute atomic E-state index is 11.2. The van der Waals surface area contributed by atoms with Crippen LogP contribution in [0, 0.1) is 5.92 Å². The van der Waals surface area contributed by atoms with E-state index < -0.39 is 5.97 Å². The van der Waals surface area contributed by atoms with Crippen LogP contribution in [0.15, 0.2) is 12.2 Å². The number of carbonyl (C=O) groups is 2. The molecule has 17 heavy (non-hydrogen) atoms. The molecule has 0 aliphatic carbocycles. The summed E-state index contributed by atoms with van der Waals surface area (Å²) in [6, 6.07) is 0. The lowest BCUT2D eigenvalue weighted by atomic mass is 10.1. The molecule has 0 aromatic carbocycles. The minimum Gasteiger partial charge on any atom is -0.478 e. The van der Waals surface area contributed by atoms with E-state index in [4.69, 9.17) is 5.11 Å². The van der Waals surface area contributed by atoms with E-state index in [9.17, 15) is 9.59 Å². The average molecular weight is 240 g/mol. The van der Waals surface area contributed by atoms with Gasteiger partial charge in [-0.25, -0.2) is 4.79 Å². The van der Waals surface area contributed by atoms with Crippen LogP contribution in [0.25, 0.3) is 0 Å². The minimum atomic E-state index is -1.11. The lowest BCUT2D eigenvalue weighted by Gasteiger charge is -2.20. The van der Waals surface area contributed by atoms with Gasteiger partial charge in [0.1, 0.15) is 0 Å². The molecule has 1 atom stereocenters. The first kappa shape index (κ1) is 13.7. The van der Waals surface area contributed by atoms with Crippen molar-refractivity contribution in [2.45, 2.75) is 19.8 Å². The van der Waals surface area contributed by atoms with E-state index in [0.29, 0.717) is 12.5 Å². The maximum Gasteiger partial charge on any atom is 0.328 e. The van der Waals surface area contributed by atoms with Gasteiger partial charge in [0.2, 0.25) is 5.91 Å². The molecule has 1 aliphatic heterocycles. The summed E-state index contributed by atoms with van der Waals surface area (Å²) in [6.45, 7) is 5.95. The Hall–Kier alpha value is -1.36. The predicted molar refractivity (Wildman–Crippen MR) is 64.6 cm³/mol. The number of carboxylic acids is 1. The zero-order valence-corrected chi connectivity index (χ0v) is 10.2. The SMILES string of the molecule is CC(CNC(=O)/C=C/C(=O)O)CN1CCCC1. The molecule has 2 N–H and O–H groups in total. The molecule has 1 saturated heterocycles. The largest absolute Gasteiger partial charge is 0.478 e. The van der Waals surface area contributed by atoms with Gasteiger partial charge < -0.3 is 15.3 Å². The third-order valence-corrected chi connectivity index (χ3v) is 2.77. The molecule has 0 aromatic heterocycles. The summed E-state index contributed by atoms with van der Waals surface area (Å²) >= 11 is 0. The molecule has 1 rings (SSSR count). The van der Waals surface area contributed by atoms with E-state index in [0.717, 1.165) is 31.8 Å². The number of nitrogens with zero attached hydrogens (tertiary/aromatic N) is 1. The molecule has 0 spiro atoms. The summed E-state index contributed by atoms with van der Waals surface area (Å²) in [7, 11) is 0. The van der Waals surface area contributed by atoms with Crippen molar-refractivity contribution < 1.29 is 14.7 Å². The fourth-order valence-electron chi connectivity index (χ4n) is 1.95. The number of amides is 1. The molecule has 1 amide bonds. The van der Waals surface area contributed by atoms with Gasteiger partial charge in [-0.1, -0.05) is 6.92 Å². The van der Waals surface area contributed by atoms with E-state index in [-0.39, 0.29) is 5.91 Å². The van der Waals surface area contributed by atoms with E-state index in [1.54, 1.807) is 0 Å². The van der Waals surface area contributed by atoms with E-state index >= 15 is 0 Å². The number of carbonyl (C=O) groups excluding carboxylic acids is 1. The Kier molecular flexibility index (Phi) is 5.69. The number of nitrogens with one attached hydrogen (secondary N) is 1. The van der Waals surface area contributed by atoms with E-state index in [2.05, 4.69) is 17.1 Å². The smallest absolute Gasteiger partial charge is 0.328 e. The highest BCUT2D eigenvalue weighted by atomic mass is 16.4. The van der Waals surface area contributed by atoms with Gasteiger partial charge >= 0.3 is 5.97 Å². The summed E-state index contributed by atoms with van der Waals surface area (Å²) in [5.41, 5.74) is 0. The number of likely N-dealkylation sites (tertiary alicyclic amines) is 1. The number of aliphatic carboxylic acids is 1. The van der Waals surface area contributed by atoms with Crippen molar-refractivity contribution in [1.82, 2.24) is 10.2 Å². The van der Waals surface area contributed by atoms with Crippen molar-refractivity contribution in [3.63, 3.8) is 0 Å². The first-order chi connectivity index (χ1) is 8.08. The lowest BCUT2D eigenvalue weighted by Crippen LogP contribution is -2.33. The predicted octanol–water partition coefficient (Wildman–Crippen LogP) is 0.475. The molecular formula is C12H20N2O3. The van der Waals surface area contributed by atoms with Crippen LogP contribution in [0.4, 0.5) is 0 Å². The third-order valence-electron chi connectivity index (χ3n) is 2.77. The topological polar surface area (TPSA) is 69.6 Å². The second kappa shape index (κ2) is 7.06. The van der Waals surface area contributed by atoms with Crippen LogP contribution in [-0.4, -0.2) is 48.1 Å². The Bertz CT molecular complexity index is 296. The maximum atomic E-state index is 11.2. The van der Waals surface area contributed by atoms with Gasteiger partial charge in [-0.2, -0.15) is 0 Å². The fourth-order valence-corrected chi connectivity index (χ4v) is 1.95. The highest BCUT2D eigenvalue weighted by Gasteiger charge is 2.14. The monoisotopic (exact) mass is 240 g/mol. The third kappa shape index (κ3) is 6.06. The average Bonchev–Trinajstić information content (AvgIpc) is 2.76. The molecule has 1 aliphatic rings. The summed E-state index contributed by atoms with van der Waals surface area (Å²) in [6.07, 6.45) is 4.42. The van der Waals surface area contributed by atoms with Gasteiger partial charge in [0.25, 0.3) is 0 Å². The number of rotatable bonds is 6. The molecule has 96 valence electrons. The normalized spacial score (nSPS) is 18.4. The second-order valence-electron chi connectivity index (χ2n) is 4.53. The van der Waals surface area contributed by atoms with Crippen LogP contribution < -0.4 is 5.32 Å². The van der Waals surface area contributed by atoms with E-state index in [1.807, 2.05) is 0 Å². The summed E-state index contributed by atoms with van der Waals surface area (Å²) in [5, 5.41) is 11.1. The highest BCUT2D eigenvalue weighted by Crippen LogP contribution is 2.09. The van der Waals surface area contributed by atoms with Crippen LogP contribution in [0.5, 0.6) is 0 Å². The first-order valence-corrected chi connectivity index (χ1v) is 5.99. The number of carboxylic acid groups (broad SMARTS) is 1. The molecule has 1 unspecified atom stereocenters. The number of hydrogen-bond donors (Lipinski definition) is 2. The first-order valence-electron chi connectivity index (χ1n) is 5.99. The van der Waals surface area contributed by atoms with Crippen LogP contribution in [0.2, 0.25) is 0 Å². The van der Waals surface area contributed by atoms with Gasteiger partial charge in [0.15, 0.2) is 0 Å². The van der Waals surface area contributed by atoms with Crippen molar-refractivity contribution in [3.05, 3.63) is 12.2 Å². The second-order valence-corrected chi connectivity index (χ2v) is 4.53. The van der Waals surface area contributed by atoms with E-state index in [1.165, 1.54) is 12.8 Å². The van der Waals surface area contributed by atoms with Crippen molar-refractivity contribution in [2.24, 2.45) is 5.92 Å². The van der Waals surface area contributed by atoms with Crippen molar-refractivity contribution >= 4 is 11.9 Å². The van der Waals surface area contributed by atoms with Crippen LogP contribution in [0.3, 0.4) is 0 Å². The molecule has 1 fully saturated rings. The standard InChI is InChI=1S/C12H20N2O3/c1-10(9-14-6-2-3-7-14)8-13-11(15)4-5-12(16)17/h4-5,10H,2-3,6-9H2,1H3,(H,13,15)(H,16,17)/b5-4+. The summed E-state index contributed by atoms with van der Waals surface area (Å²) in [5.74, 6) is -1.07. The van der Waals surface area contributed by atoms with Crippen molar-refractivity contribution in [3.8, 4) is 0 Å². The van der Waals surface area contributed by atoms with Gasteiger partial charge in [0, 0.05) is 25.2 Å². The molecule has 0 radical (unpaired) electrons. The highest BCUT2D eigenvalue weighted by molar-refractivity contribution is 5.93. The van der Waals surface area contributed by atoms with Gasteiger partial charge in [-0.05, 0) is 31.8 Å². The van der Waals surface area contributed by atoms with Crippen LogP contribution >= 0.6 is 0 Å². The van der Waals surface area contributed by atoms with Crippen molar-refractivity contribution in [1.29, 1.82) is 0 Å². The summed E-state index contributed by atoms with van der Waals surface area (Å²) < 4.78 is 0. The Morgan fingerprint density at radius 3 is 2.59 bits per heavy atom. The Balaban J connectivity index is 2.16. The summed E-state index contributed by atoms with van der Waals surface area (Å²) in [4.78, 5) is 23.8. The van der Waals surface area contributed by atoms with Gasteiger partial charge in [-0.15, -0.1) is 0 Å². The molecule has 1 heterocycles. The molecule has 0 aromatic rings. The molecule has 5 nitrogen and oxygen atoms in total. The van der Waals surface area contributed by atoms with Crippen LogP contribution in [0.1, 0.15) is 19.8 Å².